The molecule has 0 aromatic rings. The van der Waals surface area contributed by atoms with Crippen LogP contribution in [0, 0.1) is 0 Å². The molecule has 17 heavy (non-hydrogen) atoms. The minimum Gasteiger partial charge on any atom is -0.379 e. The number of morpholine rings is 1. The van der Waals surface area contributed by atoms with Crippen LogP contribution in [0.2, 0.25) is 0 Å². The summed E-state index contributed by atoms with van der Waals surface area (Å²) in [5.74, 6) is -0.216. The van der Waals surface area contributed by atoms with Gasteiger partial charge in [0.1, 0.15) is 0 Å². The molecule has 0 bridgehead atoms. The standard InChI is InChI=1S/C13H23NO3/c1-11-10-15-7-6-14(11)12-2-4-13(5-3-12)16-8-9-17-13/h11-12H,2-10H2,1H3/t11-/m0/s1. The molecule has 4 heteroatoms. The Kier molecular flexibility index (Phi) is 3.39. The van der Waals surface area contributed by atoms with Gasteiger partial charge in [-0.1, -0.05) is 0 Å². The highest BCUT2D eigenvalue weighted by atomic mass is 16.7. The summed E-state index contributed by atoms with van der Waals surface area (Å²) < 4.78 is 17.1. The van der Waals surface area contributed by atoms with E-state index >= 15 is 0 Å². The average Bonchev–Trinajstić information content (AvgIpc) is 2.80. The summed E-state index contributed by atoms with van der Waals surface area (Å²) in [5.41, 5.74) is 0. The fourth-order valence-electron chi connectivity index (χ4n) is 3.44. The summed E-state index contributed by atoms with van der Waals surface area (Å²) in [6.07, 6.45) is 4.51. The zero-order chi connectivity index (χ0) is 11.7. The Bertz CT molecular complexity index is 255. The van der Waals surface area contributed by atoms with Gasteiger partial charge in [-0.2, -0.15) is 0 Å². The molecule has 2 aliphatic heterocycles. The van der Waals surface area contributed by atoms with Crippen LogP contribution in [0.5, 0.6) is 0 Å². The third-order valence-corrected chi connectivity index (χ3v) is 4.42. The Hall–Kier alpha value is -0.160. The van der Waals surface area contributed by atoms with Crippen molar-refractivity contribution in [2.24, 2.45) is 0 Å². The third kappa shape index (κ3) is 2.36. The second-order valence-corrected chi connectivity index (χ2v) is 5.50. The van der Waals surface area contributed by atoms with Crippen molar-refractivity contribution in [2.45, 2.75) is 50.5 Å². The summed E-state index contributed by atoms with van der Waals surface area (Å²) in [6, 6.07) is 1.26. The first-order valence-electron chi connectivity index (χ1n) is 6.90. The van der Waals surface area contributed by atoms with E-state index in [0.717, 1.165) is 45.8 Å². The second kappa shape index (κ2) is 4.84. The normalized spacial score (nSPS) is 35.5. The second-order valence-electron chi connectivity index (χ2n) is 5.50. The van der Waals surface area contributed by atoms with Crippen LogP contribution in [-0.4, -0.2) is 55.7 Å². The molecule has 1 aliphatic carbocycles. The van der Waals surface area contributed by atoms with Crippen LogP contribution in [0.4, 0.5) is 0 Å². The van der Waals surface area contributed by atoms with Crippen molar-refractivity contribution in [2.75, 3.05) is 33.0 Å². The van der Waals surface area contributed by atoms with Gasteiger partial charge < -0.3 is 14.2 Å². The highest BCUT2D eigenvalue weighted by Gasteiger charge is 2.42. The molecular weight excluding hydrogens is 218 g/mol. The maximum absolute atomic E-state index is 5.78. The van der Waals surface area contributed by atoms with E-state index < -0.39 is 0 Å². The van der Waals surface area contributed by atoms with Crippen LogP contribution >= 0.6 is 0 Å². The largest absolute Gasteiger partial charge is 0.379 e. The minimum atomic E-state index is -0.216. The van der Waals surface area contributed by atoms with Crippen molar-refractivity contribution < 1.29 is 14.2 Å². The molecule has 2 heterocycles. The molecule has 0 radical (unpaired) electrons. The molecule has 0 aromatic heterocycles. The summed E-state index contributed by atoms with van der Waals surface area (Å²) in [6.45, 7) is 6.68. The first kappa shape index (κ1) is 11.9. The van der Waals surface area contributed by atoms with E-state index in [1.165, 1.54) is 12.8 Å². The smallest absolute Gasteiger partial charge is 0.168 e. The van der Waals surface area contributed by atoms with E-state index in [-0.39, 0.29) is 5.79 Å². The lowest BCUT2D eigenvalue weighted by molar-refractivity contribution is -0.187. The van der Waals surface area contributed by atoms with Gasteiger partial charge in [0.05, 0.1) is 26.4 Å². The Morgan fingerprint density at radius 2 is 1.76 bits per heavy atom. The maximum Gasteiger partial charge on any atom is 0.168 e. The molecule has 0 amide bonds. The van der Waals surface area contributed by atoms with E-state index in [9.17, 15) is 0 Å². The van der Waals surface area contributed by atoms with E-state index in [1.54, 1.807) is 0 Å². The Balaban J connectivity index is 1.57. The van der Waals surface area contributed by atoms with E-state index in [4.69, 9.17) is 14.2 Å². The molecule has 0 aromatic carbocycles. The summed E-state index contributed by atoms with van der Waals surface area (Å²) in [4.78, 5) is 2.62. The molecule has 3 fully saturated rings. The Morgan fingerprint density at radius 1 is 1.06 bits per heavy atom. The lowest BCUT2D eigenvalue weighted by Crippen LogP contribution is -2.52. The van der Waals surface area contributed by atoms with Crippen LogP contribution in [0.25, 0.3) is 0 Å². The van der Waals surface area contributed by atoms with Crippen molar-refractivity contribution in [3.05, 3.63) is 0 Å². The van der Waals surface area contributed by atoms with Gasteiger partial charge >= 0.3 is 0 Å². The number of nitrogens with zero attached hydrogens (tertiary/aromatic N) is 1. The first-order valence-corrected chi connectivity index (χ1v) is 6.90. The molecule has 3 rings (SSSR count). The number of ether oxygens (including phenoxy) is 3. The minimum absolute atomic E-state index is 0.216. The molecule has 0 N–H and O–H groups in total. The van der Waals surface area contributed by atoms with E-state index in [2.05, 4.69) is 11.8 Å². The molecule has 2 saturated heterocycles. The number of rotatable bonds is 1. The maximum atomic E-state index is 5.78. The third-order valence-electron chi connectivity index (χ3n) is 4.42. The zero-order valence-electron chi connectivity index (χ0n) is 10.7. The zero-order valence-corrected chi connectivity index (χ0v) is 10.7. The SMILES string of the molecule is C[C@H]1COCCN1C1CCC2(CC1)OCCO2. The molecule has 3 aliphatic rings. The summed E-state index contributed by atoms with van der Waals surface area (Å²) in [5, 5.41) is 0. The monoisotopic (exact) mass is 241 g/mol. The van der Waals surface area contributed by atoms with Gasteiger partial charge in [-0.05, 0) is 19.8 Å². The van der Waals surface area contributed by atoms with Gasteiger partial charge in [-0.15, -0.1) is 0 Å². The van der Waals surface area contributed by atoms with Crippen molar-refractivity contribution in [3.63, 3.8) is 0 Å². The number of hydrogen-bond donors (Lipinski definition) is 0. The van der Waals surface area contributed by atoms with Gasteiger partial charge in [-0.3, -0.25) is 4.90 Å². The van der Waals surface area contributed by atoms with Crippen molar-refractivity contribution in [1.82, 2.24) is 4.90 Å². The highest BCUT2D eigenvalue weighted by Crippen LogP contribution is 2.37. The molecule has 1 spiro atoms. The van der Waals surface area contributed by atoms with E-state index in [1.807, 2.05) is 0 Å². The van der Waals surface area contributed by atoms with Gasteiger partial charge in [0, 0.05) is 31.5 Å². The van der Waals surface area contributed by atoms with Crippen LogP contribution < -0.4 is 0 Å². The fraction of sp³-hybridized carbons (Fsp3) is 1.00. The van der Waals surface area contributed by atoms with Gasteiger partial charge in [0.2, 0.25) is 0 Å². The molecular formula is C13H23NO3. The van der Waals surface area contributed by atoms with Gasteiger partial charge in [-0.25, -0.2) is 0 Å². The van der Waals surface area contributed by atoms with Crippen molar-refractivity contribution in [3.8, 4) is 0 Å². The molecule has 1 saturated carbocycles. The van der Waals surface area contributed by atoms with Crippen LogP contribution in [0.15, 0.2) is 0 Å². The highest BCUT2D eigenvalue weighted by molar-refractivity contribution is 4.89. The summed E-state index contributed by atoms with van der Waals surface area (Å²) in [7, 11) is 0. The Morgan fingerprint density at radius 3 is 2.41 bits per heavy atom. The predicted octanol–water partition coefficient (Wildman–Crippen LogP) is 1.39. The fourth-order valence-corrected chi connectivity index (χ4v) is 3.44. The molecule has 1 atom stereocenters. The first-order chi connectivity index (χ1) is 8.29. The lowest BCUT2D eigenvalue weighted by Gasteiger charge is -2.44. The molecule has 98 valence electrons. The van der Waals surface area contributed by atoms with Crippen LogP contribution in [-0.2, 0) is 14.2 Å². The predicted molar refractivity (Wildman–Crippen MR) is 63.9 cm³/mol. The topological polar surface area (TPSA) is 30.9 Å². The van der Waals surface area contributed by atoms with Crippen LogP contribution in [0.1, 0.15) is 32.6 Å². The quantitative estimate of drug-likeness (QED) is 0.694. The average molecular weight is 241 g/mol. The Labute approximate surface area is 103 Å². The van der Waals surface area contributed by atoms with E-state index in [0.29, 0.717) is 12.1 Å². The van der Waals surface area contributed by atoms with Gasteiger partial charge in [0.15, 0.2) is 5.79 Å². The van der Waals surface area contributed by atoms with Crippen molar-refractivity contribution in [1.29, 1.82) is 0 Å². The molecule has 4 nitrogen and oxygen atoms in total. The summed E-state index contributed by atoms with van der Waals surface area (Å²) >= 11 is 0. The van der Waals surface area contributed by atoms with Gasteiger partial charge in [0.25, 0.3) is 0 Å². The lowest BCUT2D eigenvalue weighted by atomic mass is 9.88. The van der Waals surface area contributed by atoms with Crippen LogP contribution in [0.3, 0.4) is 0 Å². The number of hydrogen-bond acceptors (Lipinski definition) is 4. The molecule has 0 unspecified atom stereocenters. The van der Waals surface area contributed by atoms with Crippen molar-refractivity contribution >= 4 is 0 Å².